The van der Waals surface area contributed by atoms with Gasteiger partial charge in [0.15, 0.2) is 0 Å². The molecule has 0 aliphatic carbocycles. The quantitative estimate of drug-likeness (QED) is 0.467. The van der Waals surface area contributed by atoms with Crippen molar-refractivity contribution in [1.82, 2.24) is 9.88 Å². The van der Waals surface area contributed by atoms with Gasteiger partial charge in [-0.25, -0.2) is 14.6 Å². The molecule has 8 nitrogen and oxygen atoms in total. The fourth-order valence-corrected chi connectivity index (χ4v) is 3.38. The Hall–Kier alpha value is -2.87. The van der Waals surface area contributed by atoms with Crippen LogP contribution in [0.25, 0.3) is 0 Å². The predicted octanol–water partition coefficient (Wildman–Crippen LogP) is 3.37. The lowest BCUT2D eigenvalue weighted by atomic mass is 9.93. The van der Waals surface area contributed by atoms with Crippen LogP contribution >= 0.6 is 0 Å². The summed E-state index contributed by atoms with van der Waals surface area (Å²) in [6.07, 6.45) is -6.67. The highest BCUT2D eigenvalue weighted by Gasteiger charge is 2.39. The molecule has 198 valence electrons. The van der Waals surface area contributed by atoms with Gasteiger partial charge in [0.25, 0.3) is 0 Å². The molecule has 0 aromatic carbocycles. The molecular weight excluding hydrogens is 488 g/mol. The zero-order valence-corrected chi connectivity index (χ0v) is 18.8. The first-order chi connectivity index (χ1) is 16.1. The highest BCUT2D eigenvalue weighted by molar-refractivity contribution is 5.73. The molecule has 0 spiro atoms. The van der Waals surface area contributed by atoms with Crippen molar-refractivity contribution in [1.29, 1.82) is 0 Å². The Kier molecular flexibility index (Phi) is 11.4. The van der Waals surface area contributed by atoms with E-state index in [4.69, 9.17) is 24.5 Å². The third-order valence-corrected chi connectivity index (χ3v) is 5.00. The van der Waals surface area contributed by atoms with Gasteiger partial charge < -0.3 is 19.8 Å². The SMILES string of the molecule is C=CCN1CCO[C@@H]2CN(c3cccc(C)n3)CC[C@@H]2C1.O=C(O)C(F)(F)F.O=C(O)C(F)(F)F. The fourth-order valence-electron chi connectivity index (χ4n) is 3.38. The summed E-state index contributed by atoms with van der Waals surface area (Å²) < 4.78 is 69.6. The van der Waals surface area contributed by atoms with Gasteiger partial charge in [0.2, 0.25) is 0 Å². The van der Waals surface area contributed by atoms with E-state index in [1.807, 2.05) is 19.1 Å². The molecule has 14 heteroatoms. The van der Waals surface area contributed by atoms with Crippen molar-refractivity contribution in [2.45, 2.75) is 31.8 Å². The number of anilines is 1. The van der Waals surface area contributed by atoms with Gasteiger partial charge in [-0.1, -0.05) is 12.1 Å². The van der Waals surface area contributed by atoms with Gasteiger partial charge in [-0.15, -0.1) is 6.58 Å². The van der Waals surface area contributed by atoms with E-state index in [1.54, 1.807) is 0 Å². The van der Waals surface area contributed by atoms with Crippen molar-refractivity contribution >= 4 is 17.8 Å². The number of fused-ring (bicyclic) bond motifs is 1. The summed E-state index contributed by atoms with van der Waals surface area (Å²) in [7, 11) is 0. The molecule has 0 unspecified atom stereocenters. The van der Waals surface area contributed by atoms with E-state index in [2.05, 4.69) is 33.5 Å². The number of piperidine rings is 1. The van der Waals surface area contributed by atoms with Gasteiger partial charge >= 0.3 is 24.3 Å². The number of hydrogen-bond acceptors (Lipinski definition) is 6. The number of aromatic nitrogens is 1. The number of carboxylic acid groups (broad SMARTS) is 2. The Morgan fingerprint density at radius 2 is 1.69 bits per heavy atom. The Morgan fingerprint density at radius 1 is 1.11 bits per heavy atom. The van der Waals surface area contributed by atoms with Gasteiger partial charge in [-0.3, -0.25) is 4.90 Å². The molecule has 3 heterocycles. The lowest BCUT2D eigenvalue weighted by Gasteiger charge is -2.38. The van der Waals surface area contributed by atoms with Gasteiger partial charge in [0.1, 0.15) is 5.82 Å². The van der Waals surface area contributed by atoms with Crippen LogP contribution in [-0.4, -0.2) is 89.8 Å². The molecule has 2 N–H and O–H groups in total. The number of carboxylic acids is 2. The Balaban J connectivity index is 0.000000362. The molecule has 0 saturated carbocycles. The van der Waals surface area contributed by atoms with Gasteiger partial charge in [-0.2, -0.15) is 26.3 Å². The van der Waals surface area contributed by atoms with Crippen LogP contribution in [-0.2, 0) is 14.3 Å². The molecule has 3 rings (SSSR count). The van der Waals surface area contributed by atoms with Gasteiger partial charge in [0, 0.05) is 44.3 Å². The molecule has 35 heavy (non-hydrogen) atoms. The number of nitrogens with zero attached hydrogens (tertiary/aromatic N) is 3. The number of alkyl halides is 6. The monoisotopic (exact) mass is 515 g/mol. The average Bonchev–Trinajstić information content (AvgIpc) is 2.94. The first-order valence-electron chi connectivity index (χ1n) is 10.4. The minimum absolute atomic E-state index is 0.330. The second-order valence-corrected chi connectivity index (χ2v) is 7.70. The lowest BCUT2D eigenvalue weighted by molar-refractivity contribution is -0.193. The summed E-state index contributed by atoms with van der Waals surface area (Å²) in [5, 5.41) is 14.2. The maximum absolute atomic E-state index is 10.6. The van der Waals surface area contributed by atoms with Crippen LogP contribution in [0.15, 0.2) is 30.9 Å². The zero-order chi connectivity index (χ0) is 26.8. The largest absolute Gasteiger partial charge is 0.490 e. The molecule has 2 saturated heterocycles. The normalized spacial score (nSPS) is 20.7. The van der Waals surface area contributed by atoms with Gasteiger partial charge in [-0.05, 0) is 25.5 Å². The Labute approximate surface area is 197 Å². The molecule has 2 aliphatic rings. The predicted molar refractivity (Wildman–Crippen MR) is 113 cm³/mol. The second-order valence-electron chi connectivity index (χ2n) is 7.70. The van der Waals surface area contributed by atoms with Crippen LogP contribution in [0.1, 0.15) is 12.1 Å². The summed E-state index contributed by atoms with van der Waals surface area (Å²) >= 11 is 0. The van der Waals surface area contributed by atoms with Crippen LogP contribution in [0, 0.1) is 12.8 Å². The maximum atomic E-state index is 10.6. The summed E-state index contributed by atoms with van der Waals surface area (Å²) in [6.45, 7) is 11.9. The summed E-state index contributed by atoms with van der Waals surface area (Å²) in [5.41, 5.74) is 1.08. The van der Waals surface area contributed by atoms with Crippen molar-refractivity contribution in [3.8, 4) is 0 Å². The standard InChI is InChI=1S/C17H25N3O.2C2HF3O2/c1-3-8-19-10-11-21-16-13-20(9-7-15(16)12-19)17-6-4-5-14(2)18-17;2*3-2(4,5)1(6)7/h3-6,15-16H,1,7-13H2,2H3;2*(H,6,7)/t15-,16-;;/m1../s1. The van der Waals surface area contributed by atoms with E-state index >= 15 is 0 Å². The number of aliphatic carboxylic acids is 2. The smallest absolute Gasteiger partial charge is 0.475 e. The van der Waals surface area contributed by atoms with E-state index in [1.165, 1.54) is 6.42 Å². The molecule has 1 aromatic heterocycles. The molecular formula is C21H27F6N3O5. The number of ether oxygens (including phenoxy) is 1. The van der Waals surface area contributed by atoms with Crippen molar-refractivity contribution in [3.63, 3.8) is 0 Å². The minimum Gasteiger partial charge on any atom is -0.475 e. The van der Waals surface area contributed by atoms with Crippen molar-refractivity contribution in [2.75, 3.05) is 44.2 Å². The van der Waals surface area contributed by atoms with E-state index < -0.39 is 24.3 Å². The van der Waals surface area contributed by atoms with E-state index in [9.17, 15) is 26.3 Å². The summed E-state index contributed by atoms with van der Waals surface area (Å²) in [4.78, 5) is 27.3. The van der Waals surface area contributed by atoms with E-state index in [0.717, 1.165) is 50.8 Å². The molecule has 0 amide bonds. The highest BCUT2D eigenvalue weighted by Crippen LogP contribution is 2.27. The van der Waals surface area contributed by atoms with Crippen LogP contribution in [0.2, 0.25) is 0 Å². The number of carbonyl (C=O) groups is 2. The molecule has 2 aliphatic heterocycles. The summed E-state index contributed by atoms with van der Waals surface area (Å²) in [5.74, 6) is -3.79. The fraction of sp³-hybridized carbons (Fsp3) is 0.571. The molecule has 1 aromatic rings. The zero-order valence-electron chi connectivity index (χ0n) is 18.8. The first kappa shape index (κ1) is 30.2. The van der Waals surface area contributed by atoms with Crippen LogP contribution in [0.4, 0.5) is 32.2 Å². The number of pyridine rings is 1. The Morgan fingerprint density at radius 3 is 2.17 bits per heavy atom. The summed E-state index contributed by atoms with van der Waals surface area (Å²) in [6, 6.07) is 6.24. The molecule has 2 atom stereocenters. The average molecular weight is 515 g/mol. The highest BCUT2D eigenvalue weighted by atomic mass is 19.4. The van der Waals surface area contributed by atoms with Crippen molar-refractivity contribution < 1.29 is 50.9 Å². The van der Waals surface area contributed by atoms with Crippen LogP contribution in [0.5, 0.6) is 0 Å². The van der Waals surface area contributed by atoms with Crippen molar-refractivity contribution in [3.05, 3.63) is 36.5 Å². The number of halogens is 6. The molecule has 0 bridgehead atoms. The van der Waals surface area contributed by atoms with Crippen LogP contribution < -0.4 is 4.90 Å². The maximum Gasteiger partial charge on any atom is 0.490 e. The third kappa shape index (κ3) is 10.9. The molecule has 2 fully saturated rings. The lowest BCUT2D eigenvalue weighted by Crippen LogP contribution is -2.47. The van der Waals surface area contributed by atoms with E-state index in [0.29, 0.717) is 12.0 Å². The van der Waals surface area contributed by atoms with E-state index in [-0.39, 0.29) is 0 Å². The topological polar surface area (TPSA) is 103 Å². The van der Waals surface area contributed by atoms with Crippen LogP contribution in [0.3, 0.4) is 0 Å². The number of aryl methyl sites for hydroxylation is 1. The first-order valence-corrected chi connectivity index (χ1v) is 10.4. The van der Waals surface area contributed by atoms with Gasteiger partial charge in [0.05, 0.1) is 12.7 Å². The third-order valence-electron chi connectivity index (χ3n) is 5.00. The number of hydrogen-bond donors (Lipinski definition) is 2. The second kappa shape index (κ2) is 13.3. The number of rotatable bonds is 3. The minimum atomic E-state index is -5.08. The molecule has 0 radical (unpaired) electrons. The van der Waals surface area contributed by atoms with Crippen molar-refractivity contribution in [2.24, 2.45) is 5.92 Å². The Bertz CT molecular complexity index is 825.